The number of aromatic amines is 1. The summed E-state index contributed by atoms with van der Waals surface area (Å²) < 4.78 is 0. The average Bonchev–Trinajstić information content (AvgIpc) is 3.21. The largest absolute Gasteiger partial charge is 0.350 e. The topological polar surface area (TPSA) is 49.0 Å². The second kappa shape index (κ2) is 5.78. The molecule has 3 aromatic rings. The third kappa shape index (κ3) is 2.39. The van der Waals surface area contributed by atoms with Crippen LogP contribution in [0, 0.1) is 13.8 Å². The van der Waals surface area contributed by atoms with Crippen molar-refractivity contribution < 1.29 is 4.79 Å². The Morgan fingerprint density at radius 1 is 1.25 bits per heavy atom. The molecule has 0 unspecified atom stereocenters. The van der Waals surface area contributed by atoms with Crippen molar-refractivity contribution in [1.82, 2.24) is 14.9 Å². The molecule has 1 N–H and O–H groups in total. The van der Waals surface area contributed by atoms with E-state index < -0.39 is 0 Å². The molecule has 0 bridgehead atoms. The number of fused-ring (bicyclic) bond motifs is 1. The van der Waals surface area contributed by atoms with Crippen molar-refractivity contribution >= 4 is 16.8 Å². The van der Waals surface area contributed by atoms with Crippen molar-refractivity contribution in [2.24, 2.45) is 0 Å². The first-order valence-electron chi connectivity index (χ1n) is 8.46. The van der Waals surface area contributed by atoms with Gasteiger partial charge in [0, 0.05) is 23.6 Å². The van der Waals surface area contributed by atoms with Crippen LogP contribution in [0.3, 0.4) is 0 Å². The van der Waals surface area contributed by atoms with Crippen LogP contribution in [0.1, 0.15) is 46.2 Å². The van der Waals surface area contributed by atoms with Gasteiger partial charge in [-0.2, -0.15) is 0 Å². The minimum atomic E-state index is 0.0752. The first-order valence-corrected chi connectivity index (χ1v) is 8.46. The summed E-state index contributed by atoms with van der Waals surface area (Å²) in [6, 6.07) is 12.2. The third-order valence-corrected chi connectivity index (χ3v) is 4.97. The number of hydrogen-bond acceptors (Lipinski definition) is 2. The van der Waals surface area contributed by atoms with Gasteiger partial charge in [-0.25, -0.2) is 0 Å². The van der Waals surface area contributed by atoms with Gasteiger partial charge in [-0.1, -0.05) is 17.7 Å². The Bertz CT molecular complexity index is 898. The minimum Gasteiger partial charge on any atom is -0.350 e. The fourth-order valence-electron chi connectivity index (χ4n) is 3.69. The molecule has 1 aliphatic heterocycles. The number of likely N-dealkylation sites (tertiary alicyclic amines) is 1. The Morgan fingerprint density at radius 2 is 2.12 bits per heavy atom. The van der Waals surface area contributed by atoms with E-state index >= 15 is 0 Å². The lowest BCUT2D eigenvalue weighted by molar-refractivity contribution is 0.0727. The maximum absolute atomic E-state index is 13.2. The van der Waals surface area contributed by atoms with E-state index in [1.807, 2.05) is 30.0 Å². The van der Waals surface area contributed by atoms with E-state index in [0.717, 1.165) is 41.5 Å². The maximum atomic E-state index is 13.2. The predicted octanol–water partition coefficient (Wildman–Crippen LogP) is 4.16. The Morgan fingerprint density at radius 3 is 2.92 bits per heavy atom. The molecular weight excluding hydrogens is 298 g/mol. The van der Waals surface area contributed by atoms with Crippen molar-refractivity contribution in [2.75, 3.05) is 6.54 Å². The first kappa shape index (κ1) is 14.9. The Labute approximate surface area is 141 Å². The average molecular weight is 319 g/mol. The molecule has 3 heterocycles. The summed E-state index contributed by atoms with van der Waals surface area (Å²) in [7, 11) is 0. The van der Waals surface area contributed by atoms with Gasteiger partial charge in [0.25, 0.3) is 5.91 Å². The quantitative estimate of drug-likeness (QED) is 0.771. The number of carbonyl (C=O) groups is 1. The van der Waals surface area contributed by atoms with Gasteiger partial charge < -0.3 is 9.88 Å². The molecule has 2 aromatic heterocycles. The van der Waals surface area contributed by atoms with Crippen LogP contribution in [-0.2, 0) is 0 Å². The van der Waals surface area contributed by atoms with Crippen molar-refractivity contribution in [3.05, 3.63) is 65.1 Å². The molecule has 0 saturated carbocycles. The molecule has 1 amide bonds. The van der Waals surface area contributed by atoms with Crippen molar-refractivity contribution in [1.29, 1.82) is 0 Å². The molecule has 4 nitrogen and oxygen atoms in total. The summed E-state index contributed by atoms with van der Waals surface area (Å²) in [6.07, 6.45) is 3.79. The van der Waals surface area contributed by atoms with Crippen LogP contribution >= 0.6 is 0 Å². The summed E-state index contributed by atoms with van der Waals surface area (Å²) in [5.74, 6) is 0.0782. The normalized spacial score (nSPS) is 17.6. The molecule has 1 atom stereocenters. The first-order chi connectivity index (χ1) is 11.6. The number of hydrogen-bond donors (Lipinski definition) is 1. The van der Waals surface area contributed by atoms with Crippen LogP contribution in [0.5, 0.6) is 0 Å². The lowest BCUT2D eigenvalue weighted by Gasteiger charge is -2.24. The number of rotatable bonds is 2. The highest BCUT2D eigenvalue weighted by Gasteiger charge is 2.32. The summed E-state index contributed by atoms with van der Waals surface area (Å²) in [5.41, 5.74) is 4.95. The van der Waals surface area contributed by atoms with Crippen molar-refractivity contribution in [3.63, 3.8) is 0 Å². The number of pyridine rings is 1. The fourth-order valence-corrected chi connectivity index (χ4v) is 3.69. The lowest BCUT2D eigenvalue weighted by atomic mass is 10.1. The number of benzene rings is 1. The monoisotopic (exact) mass is 319 g/mol. The smallest absolute Gasteiger partial charge is 0.271 e. The highest BCUT2D eigenvalue weighted by molar-refractivity contribution is 6.01. The van der Waals surface area contributed by atoms with Gasteiger partial charge in [0.2, 0.25) is 0 Å². The second-order valence-corrected chi connectivity index (χ2v) is 6.59. The molecule has 1 fully saturated rings. The number of aryl methyl sites for hydroxylation is 2. The van der Waals surface area contributed by atoms with Gasteiger partial charge in [0.05, 0.1) is 11.7 Å². The van der Waals surface area contributed by atoms with E-state index in [0.29, 0.717) is 5.69 Å². The SMILES string of the molecule is Cc1ccc2[nH]c(C(=O)N3CCC[C@H]3c3ccccn3)c(C)c2c1. The van der Waals surface area contributed by atoms with Crippen molar-refractivity contribution in [2.45, 2.75) is 32.7 Å². The van der Waals surface area contributed by atoms with Gasteiger partial charge in [-0.15, -0.1) is 0 Å². The number of carbonyl (C=O) groups excluding carboxylic acids is 1. The number of aromatic nitrogens is 2. The van der Waals surface area contributed by atoms with Gasteiger partial charge >= 0.3 is 0 Å². The van der Waals surface area contributed by atoms with E-state index in [1.54, 1.807) is 6.20 Å². The number of amides is 1. The van der Waals surface area contributed by atoms with Gasteiger partial charge in [-0.05, 0) is 56.5 Å². The van der Waals surface area contributed by atoms with Crippen LogP contribution in [-0.4, -0.2) is 27.3 Å². The Balaban J connectivity index is 1.72. The zero-order chi connectivity index (χ0) is 16.7. The molecule has 0 spiro atoms. The van der Waals surface area contributed by atoms with E-state index in [9.17, 15) is 4.79 Å². The summed E-state index contributed by atoms with van der Waals surface area (Å²) in [4.78, 5) is 22.9. The lowest BCUT2D eigenvalue weighted by Crippen LogP contribution is -2.31. The van der Waals surface area contributed by atoms with E-state index in [2.05, 4.69) is 35.1 Å². The Hall–Kier alpha value is -2.62. The van der Waals surface area contributed by atoms with Gasteiger partial charge in [0.15, 0.2) is 0 Å². The molecule has 4 rings (SSSR count). The maximum Gasteiger partial charge on any atom is 0.271 e. The zero-order valence-electron chi connectivity index (χ0n) is 14.0. The second-order valence-electron chi connectivity index (χ2n) is 6.59. The third-order valence-electron chi connectivity index (χ3n) is 4.97. The molecule has 0 aliphatic carbocycles. The number of H-pyrrole nitrogens is 1. The highest BCUT2D eigenvalue weighted by Crippen LogP contribution is 2.33. The van der Waals surface area contributed by atoms with Gasteiger partial charge in [-0.3, -0.25) is 9.78 Å². The van der Waals surface area contributed by atoms with Crippen LogP contribution < -0.4 is 0 Å². The number of nitrogens with one attached hydrogen (secondary N) is 1. The predicted molar refractivity (Wildman–Crippen MR) is 95.0 cm³/mol. The Kier molecular flexibility index (Phi) is 3.60. The fraction of sp³-hybridized carbons (Fsp3) is 0.300. The molecule has 4 heteroatoms. The highest BCUT2D eigenvalue weighted by atomic mass is 16.2. The van der Waals surface area contributed by atoms with E-state index in [4.69, 9.17) is 0 Å². The van der Waals surface area contributed by atoms with E-state index in [1.165, 1.54) is 5.56 Å². The standard InChI is InChI=1S/C20H21N3O/c1-13-8-9-16-15(12-13)14(2)19(22-16)20(24)23-11-5-7-18(23)17-6-3-4-10-21-17/h3-4,6,8-10,12,18,22H,5,7,11H2,1-2H3/t18-/m0/s1. The van der Waals surface area contributed by atoms with Crippen LogP contribution in [0.25, 0.3) is 10.9 Å². The van der Waals surface area contributed by atoms with Gasteiger partial charge in [0.1, 0.15) is 5.69 Å². The molecule has 0 radical (unpaired) electrons. The van der Waals surface area contributed by atoms with Crippen LogP contribution in [0.2, 0.25) is 0 Å². The number of nitrogens with zero attached hydrogens (tertiary/aromatic N) is 2. The van der Waals surface area contributed by atoms with Crippen LogP contribution in [0.15, 0.2) is 42.6 Å². The zero-order valence-corrected chi connectivity index (χ0v) is 14.0. The molecule has 1 aromatic carbocycles. The summed E-state index contributed by atoms with van der Waals surface area (Å²) in [5, 5.41) is 1.13. The minimum absolute atomic E-state index is 0.0752. The van der Waals surface area contributed by atoms with Crippen molar-refractivity contribution in [3.8, 4) is 0 Å². The summed E-state index contributed by atoms with van der Waals surface area (Å²) in [6.45, 7) is 4.89. The molecule has 24 heavy (non-hydrogen) atoms. The molecule has 1 saturated heterocycles. The summed E-state index contributed by atoms with van der Waals surface area (Å²) >= 11 is 0. The molecule has 1 aliphatic rings. The molecule has 122 valence electrons. The van der Waals surface area contributed by atoms with E-state index in [-0.39, 0.29) is 11.9 Å². The molecular formula is C20H21N3O. The van der Waals surface area contributed by atoms with Crippen LogP contribution in [0.4, 0.5) is 0 Å².